The van der Waals surface area contributed by atoms with E-state index in [2.05, 4.69) is 4.99 Å². The van der Waals surface area contributed by atoms with Crippen molar-refractivity contribution in [2.24, 2.45) is 4.99 Å². The Hall–Kier alpha value is -6.53. The van der Waals surface area contributed by atoms with Gasteiger partial charge in [-0.05, 0) is 66.9 Å². The first-order valence-corrected chi connectivity index (χ1v) is 17.7. The van der Waals surface area contributed by atoms with Crippen molar-refractivity contribution in [3.63, 3.8) is 0 Å². The Bertz CT molecular complexity index is 2540. The summed E-state index contributed by atoms with van der Waals surface area (Å²) < 4.78 is 20.8. The van der Waals surface area contributed by atoms with Crippen LogP contribution in [0, 0.1) is 10.1 Å². The van der Waals surface area contributed by atoms with Crippen LogP contribution in [-0.4, -0.2) is 40.4 Å². The summed E-state index contributed by atoms with van der Waals surface area (Å²) in [5, 5.41) is 11.5. The number of hydrogen-bond donors (Lipinski definition) is 0. The molecule has 11 nitrogen and oxygen atoms in total. The van der Waals surface area contributed by atoms with Crippen LogP contribution in [0.25, 0.3) is 34.3 Å². The summed E-state index contributed by atoms with van der Waals surface area (Å²) >= 11 is 1.21. The molecule has 0 bridgehead atoms. The van der Waals surface area contributed by atoms with E-state index in [1.165, 1.54) is 41.3 Å². The van der Waals surface area contributed by atoms with E-state index in [1.807, 2.05) is 97.3 Å². The minimum atomic E-state index is -0.853. The maximum absolute atomic E-state index is 14.6. The smallest absolute Gasteiger partial charge is 0.337 e. The number of carbonyl (C=O) groups excluding carboxylic acids is 1. The highest BCUT2D eigenvalue weighted by Gasteiger charge is 2.32. The zero-order valence-corrected chi connectivity index (χ0v) is 29.9. The fourth-order valence-electron chi connectivity index (χ4n) is 6.47. The first-order chi connectivity index (χ1) is 25.8. The van der Waals surface area contributed by atoms with E-state index in [9.17, 15) is 19.7 Å². The van der Waals surface area contributed by atoms with Gasteiger partial charge < -0.3 is 18.8 Å². The van der Waals surface area contributed by atoms with Gasteiger partial charge in [0.15, 0.2) is 16.3 Å². The summed E-state index contributed by atoms with van der Waals surface area (Å²) in [4.78, 5) is 43.8. The number of methoxy groups -OCH3 is 1. The molecule has 0 N–H and O–H groups in total. The lowest BCUT2D eigenvalue weighted by Crippen LogP contribution is -2.39. The van der Waals surface area contributed by atoms with Crippen molar-refractivity contribution in [3.05, 3.63) is 162 Å². The average molecular weight is 727 g/mol. The summed E-state index contributed by atoms with van der Waals surface area (Å²) in [6.45, 7) is 4.57. The number of aromatic nitrogens is 2. The van der Waals surface area contributed by atoms with Crippen LogP contribution in [0.2, 0.25) is 0 Å². The molecule has 0 saturated carbocycles. The van der Waals surface area contributed by atoms with Crippen LogP contribution in [-0.2, 0) is 9.53 Å². The third-order valence-electron chi connectivity index (χ3n) is 8.76. The van der Waals surface area contributed by atoms with Gasteiger partial charge in [-0.15, -0.1) is 0 Å². The van der Waals surface area contributed by atoms with Crippen molar-refractivity contribution in [2.75, 3.05) is 20.3 Å². The number of ether oxygens (including phenoxy) is 3. The molecule has 0 aliphatic carbocycles. The van der Waals surface area contributed by atoms with Crippen LogP contribution in [0.1, 0.15) is 31.0 Å². The Morgan fingerprint density at radius 2 is 1.55 bits per heavy atom. The number of benzene rings is 4. The molecular formula is C41H34N4O7S. The van der Waals surface area contributed by atoms with Crippen molar-refractivity contribution >= 4 is 29.1 Å². The van der Waals surface area contributed by atoms with Crippen LogP contribution in [0.4, 0.5) is 5.69 Å². The van der Waals surface area contributed by atoms with E-state index >= 15 is 0 Å². The van der Waals surface area contributed by atoms with E-state index in [-0.39, 0.29) is 16.8 Å². The second kappa shape index (κ2) is 15.0. The second-order valence-electron chi connectivity index (χ2n) is 11.9. The standard InChI is InChI=1S/C41H34N4O7S/c1-4-51-34-21-16-28(23-35(34)52-5-2)38-32(40(47)50-3)25-42-41-44(38)39(46)36(53-41)24-29-22-33(26-12-8-6-9-13-26)43(37(29)27-14-10-7-11-15-27)30-17-19-31(20-18-30)45(48)49/h6-25,38H,4-5H2,1-3H3/b36-24+/t38-/m0/s1. The van der Waals surface area contributed by atoms with E-state index in [0.717, 1.165) is 28.1 Å². The van der Waals surface area contributed by atoms with Crippen molar-refractivity contribution in [1.82, 2.24) is 9.13 Å². The summed E-state index contributed by atoms with van der Waals surface area (Å²) in [6, 6.07) is 32.5. The van der Waals surface area contributed by atoms with Gasteiger partial charge in [0.05, 0.1) is 52.8 Å². The Morgan fingerprint density at radius 1 is 0.887 bits per heavy atom. The van der Waals surface area contributed by atoms with Gasteiger partial charge in [0.2, 0.25) is 0 Å². The minimum absolute atomic E-state index is 0.0217. The van der Waals surface area contributed by atoms with Gasteiger partial charge in [-0.3, -0.25) is 19.5 Å². The summed E-state index contributed by atoms with van der Waals surface area (Å²) in [7, 11) is 1.29. The molecule has 53 heavy (non-hydrogen) atoms. The van der Waals surface area contributed by atoms with Crippen LogP contribution in [0.3, 0.4) is 0 Å². The molecule has 12 heteroatoms. The number of nitro benzene ring substituents is 1. The number of fused-ring (bicyclic) bond motifs is 1. The monoisotopic (exact) mass is 726 g/mol. The molecule has 1 aliphatic rings. The molecule has 0 amide bonds. The molecule has 7 rings (SSSR count). The van der Waals surface area contributed by atoms with Crippen molar-refractivity contribution in [2.45, 2.75) is 19.9 Å². The number of carbonyl (C=O) groups is 1. The van der Waals surface area contributed by atoms with Gasteiger partial charge in [0.25, 0.3) is 11.2 Å². The van der Waals surface area contributed by atoms with Gasteiger partial charge in [-0.2, -0.15) is 0 Å². The third-order valence-corrected chi connectivity index (χ3v) is 9.76. The fourth-order valence-corrected chi connectivity index (χ4v) is 7.43. The first-order valence-electron chi connectivity index (χ1n) is 16.9. The molecule has 1 atom stereocenters. The summed E-state index contributed by atoms with van der Waals surface area (Å²) in [5.74, 6) is 0.428. The predicted octanol–water partition coefficient (Wildman–Crippen LogP) is 6.85. The number of hydrogen-bond acceptors (Lipinski definition) is 9. The molecule has 266 valence electrons. The average Bonchev–Trinajstić information content (AvgIpc) is 3.72. The van der Waals surface area contributed by atoms with Gasteiger partial charge >= 0.3 is 5.97 Å². The molecule has 0 radical (unpaired) electrons. The van der Waals surface area contributed by atoms with E-state index < -0.39 is 16.9 Å². The maximum atomic E-state index is 14.6. The molecule has 0 fully saturated rings. The Labute approximate surface area is 308 Å². The molecular weight excluding hydrogens is 693 g/mol. The number of nitro groups is 1. The van der Waals surface area contributed by atoms with Crippen LogP contribution >= 0.6 is 11.3 Å². The molecule has 1 aliphatic heterocycles. The second-order valence-corrected chi connectivity index (χ2v) is 12.9. The number of nitrogens with zero attached hydrogens (tertiary/aromatic N) is 4. The largest absolute Gasteiger partial charge is 0.490 e. The van der Waals surface area contributed by atoms with E-state index in [1.54, 1.807) is 24.3 Å². The van der Waals surface area contributed by atoms with Crippen LogP contribution in [0.15, 0.2) is 131 Å². The summed E-state index contributed by atoms with van der Waals surface area (Å²) in [6.07, 6.45) is 3.29. The van der Waals surface area contributed by atoms with Gasteiger partial charge in [-0.1, -0.05) is 78.1 Å². The predicted molar refractivity (Wildman–Crippen MR) is 203 cm³/mol. The van der Waals surface area contributed by atoms with Crippen molar-refractivity contribution in [3.8, 4) is 39.7 Å². The van der Waals surface area contributed by atoms with Crippen molar-refractivity contribution in [1.29, 1.82) is 0 Å². The van der Waals surface area contributed by atoms with E-state index in [0.29, 0.717) is 45.3 Å². The Morgan fingerprint density at radius 3 is 2.19 bits per heavy atom. The molecule has 0 saturated heterocycles. The first kappa shape index (κ1) is 34.9. The van der Waals surface area contributed by atoms with Crippen LogP contribution < -0.4 is 24.4 Å². The molecule has 4 aromatic carbocycles. The Balaban J connectivity index is 1.47. The number of non-ortho nitro benzene ring substituents is 1. The molecule has 6 aromatic rings. The zero-order valence-electron chi connectivity index (χ0n) is 29.1. The zero-order chi connectivity index (χ0) is 37.1. The van der Waals surface area contributed by atoms with E-state index in [4.69, 9.17) is 14.2 Å². The molecule has 3 heterocycles. The number of thiazole rings is 1. The molecule has 0 unspecified atom stereocenters. The SMILES string of the molecule is CCOc1ccc([C@H]2C(C(=O)OC)=CN=c3s/c(=C/c4cc(-c5ccccc5)n(-c5ccc([N+](=O)[O-])cc5)c4-c4ccccc4)c(=O)n32)cc1OCC. The highest BCUT2D eigenvalue weighted by Crippen LogP contribution is 2.38. The third kappa shape index (κ3) is 6.67. The molecule has 2 aromatic heterocycles. The Kier molecular flexibility index (Phi) is 9.87. The lowest BCUT2D eigenvalue weighted by atomic mass is 9.97. The van der Waals surface area contributed by atoms with Crippen molar-refractivity contribution < 1.29 is 23.9 Å². The van der Waals surface area contributed by atoms with Gasteiger partial charge in [0, 0.05) is 29.6 Å². The molecule has 0 spiro atoms. The highest BCUT2D eigenvalue weighted by molar-refractivity contribution is 7.07. The normalized spacial score (nSPS) is 13.8. The maximum Gasteiger partial charge on any atom is 0.337 e. The lowest BCUT2D eigenvalue weighted by Gasteiger charge is -2.23. The quantitative estimate of drug-likeness (QED) is 0.0812. The topological polar surface area (TPSA) is 127 Å². The van der Waals surface area contributed by atoms with Gasteiger partial charge in [-0.25, -0.2) is 9.79 Å². The summed E-state index contributed by atoms with van der Waals surface area (Å²) in [5.41, 5.74) is 5.28. The lowest BCUT2D eigenvalue weighted by molar-refractivity contribution is -0.384. The minimum Gasteiger partial charge on any atom is -0.490 e. The van der Waals surface area contributed by atoms with Gasteiger partial charge in [0.1, 0.15) is 0 Å². The highest BCUT2D eigenvalue weighted by atomic mass is 32.1. The fraction of sp³-hybridized carbons (Fsp3) is 0.146. The van der Waals surface area contributed by atoms with Crippen LogP contribution in [0.5, 0.6) is 11.5 Å². The number of esters is 1. The number of rotatable bonds is 11.